The summed E-state index contributed by atoms with van der Waals surface area (Å²) < 4.78 is 17.3. The maximum Gasteiger partial charge on any atom is 0.188 e. The Morgan fingerprint density at radius 1 is 1.19 bits per heavy atom. The van der Waals surface area contributed by atoms with Gasteiger partial charge in [0.25, 0.3) is 0 Å². The third-order valence-electron chi connectivity index (χ3n) is 3.47. The third-order valence-corrected chi connectivity index (χ3v) is 6.73. The lowest BCUT2D eigenvalue weighted by molar-refractivity contribution is 0.0290. The van der Waals surface area contributed by atoms with Gasteiger partial charge in [-0.2, -0.15) is 0 Å². The summed E-state index contributed by atoms with van der Waals surface area (Å²) in [5, 5.41) is 0. The Hall–Kier alpha value is 0.530. The predicted molar refractivity (Wildman–Crippen MR) is 68.4 cm³/mol. The van der Waals surface area contributed by atoms with Crippen molar-refractivity contribution in [3.05, 3.63) is 0 Å². The van der Waals surface area contributed by atoms with Crippen LogP contribution in [0.5, 0.6) is 0 Å². The quantitative estimate of drug-likeness (QED) is 0.717. The van der Waals surface area contributed by atoms with Gasteiger partial charge < -0.3 is 13.8 Å². The molecule has 0 saturated carbocycles. The summed E-state index contributed by atoms with van der Waals surface area (Å²) in [7, 11) is 0. The Bertz CT molecular complexity index is 294. The van der Waals surface area contributed by atoms with Crippen LogP contribution in [-0.2, 0) is 25.6 Å². The summed E-state index contributed by atoms with van der Waals surface area (Å²) in [5.41, 5.74) is 0.0209. The molecule has 0 radical (unpaired) electrons. The van der Waals surface area contributed by atoms with Crippen molar-refractivity contribution in [3.63, 3.8) is 0 Å². The summed E-state index contributed by atoms with van der Waals surface area (Å²) in [6, 6.07) is 0. The standard InChI is InChI=1S/C11H21O3PS/c1-4-15(16)13-7-10(8-14-15)9-5-11(2,3)12-6-9/h9-10H,4-8H2,1-3H3. The van der Waals surface area contributed by atoms with E-state index in [4.69, 9.17) is 25.6 Å². The van der Waals surface area contributed by atoms with Gasteiger partial charge in [0, 0.05) is 12.1 Å². The average Bonchev–Trinajstić information content (AvgIpc) is 2.60. The number of ether oxygens (including phenoxy) is 1. The molecule has 2 aliphatic heterocycles. The highest BCUT2D eigenvalue weighted by Gasteiger charge is 2.39. The van der Waals surface area contributed by atoms with Crippen molar-refractivity contribution in [2.75, 3.05) is 26.0 Å². The Kier molecular flexibility index (Phi) is 3.78. The van der Waals surface area contributed by atoms with Crippen molar-refractivity contribution in [2.45, 2.75) is 32.8 Å². The van der Waals surface area contributed by atoms with Gasteiger partial charge in [0.15, 0.2) is 6.49 Å². The molecule has 0 aromatic heterocycles. The molecule has 0 N–H and O–H groups in total. The maximum absolute atomic E-state index is 5.76. The molecule has 2 saturated heterocycles. The minimum absolute atomic E-state index is 0.0209. The minimum atomic E-state index is -1.91. The monoisotopic (exact) mass is 264 g/mol. The summed E-state index contributed by atoms with van der Waals surface area (Å²) >= 11 is 5.36. The van der Waals surface area contributed by atoms with Gasteiger partial charge in [-0.05, 0) is 38.0 Å². The minimum Gasteiger partial charge on any atom is -0.375 e. The van der Waals surface area contributed by atoms with Crippen LogP contribution in [0.2, 0.25) is 0 Å². The topological polar surface area (TPSA) is 27.7 Å². The zero-order valence-electron chi connectivity index (χ0n) is 10.3. The maximum atomic E-state index is 5.76. The van der Waals surface area contributed by atoms with Crippen LogP contribution in [0.25, 0.3) is 0 Å². The lowest BCUT2D eigenvalue weighted by Crippen LogP contribution is -2.29. The van der Waals surface area contributed by atoms with Crippen LogP contribution in [0.4, 0.5) is 0 Å². The molecule has 2 aliphatic rings. The van der Waals surface area contributed by atoms with Crippen LogP contribution in [0.3, 0.4) is 0 Å². The van der Waals surface area contributed by atoms with Crippen molar-refractivity contribution in [2.24, 2.45) is 11.8 Å². The summed E-state index contributed by atoms with van der Waals surface area (Å²) in [4.78, 5) is 0. The average molecular weight is 264 g/mol. The fraction of sp³-hybridized carbons (Fsp3) is 1.00. The molecule has 1 atom stereocenters. The fourth-order valence-corrected chi connectivity index (χ4v) is 3.99. The first-order chi connectivity index (χ1) is 7.44. The number of rotatable bonds is 2. The lowest BCUT2D eigenvalue weighted by atomic mass is 9.88. The second-order valence-electron chi connectivity index (χ2n) is 5.31. The van der Waals surface area contributed by atoms with Gasteiger partial charge >= 0.3 is 0 Å². The van der Waals surface area contributed by atoms with E-state index in [9.17, 15) is 0 Å². The molecule has 0 bridgehead atoms. The number of hydrogen-bond acceptors (Lipinski definition) is 4. The van der Waals surface area contributed by atoms with Crippen molar-refractivity contribution in [3.8, 4) is 0 Å². The molecular formula is C11H21O3PS. The highest BCUT2D eigenvalue weighted by Crippen LogP contribution is 2.52. The lowest BCUT2D eigenvalue weighted by Gasteiger charge is -2.33. The summed E-state index contributed by atoms with van der Waals surface area (Å²) in [6.45, 7) is 6.78. The highest BCUT2D eigenvalue weighted by atomic mass is 32.5. The first kappa shape index (κ1) is 13.0. The molecule has 2 heterocycles. The van der Waals surface area contributed by atoms with Crippen molar-refractivity contribution in [1.82, 2.24) is 0 Å². The van der Waals surface area contributed by atoms with E-state index >= 15 is 0 Å². The smallest absolute Gasteiger partial charge is 0.188 e. The van der Waals surface area contributed by atoms with Crippen LogP contribution in [0.15, 0.2) is 0 Å². The first-order valence-corrected chi connectivity index (χ1v) is 8.78. The van der Waals surface area contributed by atoms with Gasteiger partial charge in [-0.1, -0.05) is 6.92 Å². The normalized spacial score (nSPS) is 43.4. The van der Waals surface area contributed by atoms with Crippen LogP contribution in [0, 0.1) is 11.8 Å². The molecule has 16 heavy (non-hydrogen) atoms. The van der Waals surface area contributed by atoms with Gasteiger partial charge in [0.05, 0.1) is 25.4 Å². The molecular weight excluding hydrogens is 243 g/mol. The SMILES string of the molecule is CCP1(=S)OCC(C2COC(C)(C)C2)CO1. The van der Waals surface area contributed by atoms with E-state index in [1.807, 2.05) is 6.92 Å². The van der Waals surface area contributed by atoms with Crippen LogP contribution in [0.1, 0.15) is 27.2 Å². The van der Waals surface area contributed by atoms with E-state index in [-0.39, 0.29) is 5.60 Å². The molecule has 0 aromatic rings. The molecule has 2 rings (SSSR count). The molecule has 0 spiro atoms. The fourth-order valence-electron chi connectivity index (χ4n) is 2.34. The molecule has 0 aliphatic carbocycles. The van der Waals surface area contributed by atoms with Gasteiger partial charge in [0.1, 0.15) is 0 Å². The van der Waals surface area contributed by atoms with Crippen LogP contribution in [-0.4, -0.2) is 31.6 Å². The molecule has 1 unspecified atom stereocenters. The summed E-state index contributed by atoms with van der Waals surface area (Å²) in [6.07, 6.45) is 1.93. The summed E-state index contributed by atoms with van der Waals surface area (Å²) in [5.74, 6) is 1.03. The van der Waals surface area contributed by atoms with E-state index in [0.29, 0.717) is 11.8 Å². The van der Waals surface area contributed by atoms with Crippen LogP contribution >= 0.6 is 6.49 Å². The Morgan fingerprint density at radius 3 is 2.25 bits per heavy atom. The molecule has 2 fully saturated rings. The molecule has 0 aromatic carbocycles. The second kappa shape index (κ2) is 4.66. The zero-order chi connectivity index (χ0) is 11.8. The molecule has 0 amide bonds. The Balaban J connectivity index is 1.88. The molecule has 3 nitrogen and oxygen atoms in total. The van der Waals surface area contributed by atoms with E-state index in [2.05, 4.69) is 13.8 Å². The van der Waals surface area contributed by atoms with E-state index in [0.717, 1.165) is 32.4 Å². The van der Waals surface area contributed by atoms with Crippen molar-refractivity contribution in [1.29, 1.82) is 0 Å². The molecule has 94 valence electrons. The van der Waals surface area contributed by atoms with E-state index < -0.39 is 6.49 Å². The van der Waals surface area contributed by atoms with Gasteiger partial charge in [-0.25, -0.2) is 0 Å². The van der Waals surface area contributed by atoms with Gasteiger partial charge in [-0.15, -0.1) is 0 Å². The largest absolute Gasteiger partial charge is 0.375 e. The first-order valence-electron chi connectivity index (χ1n) is 5.96. The van der Waals surface area contributed by atoms with E-state index in [1.165, 1.54) is 0 Å². The third kappa shape index (κ3) is 2.85. The van der Waals surface area contributed by atoms with E-state index in [1.54, 1.807) is 0 Å². The Morgan fingerprint density at radius 2 is 1.81 bits per heavy atom. The van der Waals surface area contributed by atoms with Crippen LogP contribution < -0.4 is 0 Å². The highest BCUT2D eigenvalue weighted by molar-refractivity contribution is 8.09. The number of hydrogen-bond donors (Lipinski definition) is 0. The van der Waals surface area contributed by atoms with Crippen molar-refractivity contribution >= 4 is 18.3 Å². The second-order valence-corrected chi connectivity index (χ2v) is 9.35. The Labute approximate surface area is 103 Å². The predicted octanol–water partition coefficient (Wildman–Crippen LogP) is 2.79. The zero-order valence-corrected chi connectivity index (χ0v) is 12.0. The van der Waals surface area contributed by atoms with Gasteiger partial charge in [0.2, 0.25) is 0 Å². The van der Waals surface area contributed by atoms with Gasteiger partial charge in [-0.3, -0.25) is 0 Å². The van der Waals surface area contributed by atoms with Crippen molar-refractivity contribution < 1.29 is 13.8 Å². The molecule has 5 heteroatoms.